The van der Waals surface area contributed by atoms with Crippen molar-refractivity contribution in [1.29, 1.82) is 0 Å². The van der Waals surface area contributed by atoms with Crippen molar-refractivity contribution in [3.05, 3.63) is 218 Å². The Morgan fingerprint density at radius 3 is 1.39 bits per heavy atom. The van der Waals surface area contributed by atoms with E-state index < -0.39 is 0 Å². The quantitative estimate of drug-likeness (QED) is 0.157. The average Bonchev–Trinajstić information content (AvgIpc) is 3.73. The van der Waals surface area contributed by atoms with Gasteiger partial charge in [-0.15, -0.1) is 0 Å². The van der Waals surface area contributed by atoms with E-state index in [4.69, 9.17) is 9.40 Å². The SMILES string of the molecule is c1ccc(-c2ccc(-c3nc4ccc5c(-c6ccc(N(c7cccc(-c8ccccc8)c7)c7cccc(-c8ccccc8)c7)cc6)cccc5c4o3)cc2)cc1. The molecule has 1 aromatic heterocycles. The van der Waals surface area contributed by atoms with Gasteiger partial charge in [-0.3, -0.25) is 0 Å². The molecule has 0 aliphatic carbocycles. The van der Waals surface area contributed by atoms with Crippen molar-refractivity contribution < 1.29 is 4.42 Å². The topological polar surface area (TPSA) is 29.3 Å². The minimum absolute atomic E-state index is 0.620. The molecule has 10 rings (SSSR count). The number of oxazole rings is 1. The molecule has 0 fully saturated rings. The number of fused-ring (bicyclic) bond motifs is 3. The maximum absolute atomic E-state index is 6.52. The summed E-state index contributed by atoms with van der Waals surface area (Å²) in [5, 5.41) is 2.17. The van der Waals surface area contributed by atoms with Crippen LogP contribution in [0.15, 0.2) is 223 Å². The normalized spacial score (nSPS) is 11.2. The summed E-state index contributed by atoms with van der Waals surface area (Å²) in [7, 11) is 0. The molecule has 0 atom stereocenters. The molecule has 1 heterocycles. The molecule has 3 heteroatoms. The summed E-state index contributed by atoms with van der Waals surface area (Å²) in [6.07, 6.45) is 0. The highest BCUT2D eigenvalue weighted by molar-refractivity contribution is 6.09. The van der Waals surface area contributed by atoms with Crippen LogP contribution in [-0.2, 0) is 0 Å². The number of aromatic nitrogens is 1. The highest BCUT2D eigenvalue weighted by Gasteiger charge is 2.17. The molecule has 0 spiro atoms. The number of anilines is 3. The van der Waals surface area contributed by atoms with Crippen LogP contribution in [0.25, 0.3) is 77.8 Å². The maximum atomic E-state index is 6.52. The summed E-state index contributed by atoms with van der Waals surface area (Å²) in [6, 6.07) is 77.1. The monoisotopic (exact) mass is 716 g/mol. The lowest BCUT2D eigenvalue weighted by Crippen LogP contribution is -2.10. The predicted molar refractivity (Wildman–Crippen MR) is 233 cm³/mol. The second-order valence-electron chi connectivity index (χ2n) is 14.0. The van der Waals surface area contributed by atoms with Crippen LogP contribution in [-0.4, -0.2) is 4.98 Å². The first kappa shape index (κ1) is 33.1. The third-order valence-electron chi connectivity index (χ3n) is 10.5. The zero-order valence-corrected chi connectivity index (χ0v) is 30.6. The van der Waals surface area contributed by atoms with Gasteiger partial charge < -0.3 is 9.32 Å². The van der Waals surface area contributed by atoms with Crippen molar-refractivity contribution in [2.75, 3.05) is 4.90 Å². The molecule has 0 radical (unpaired) electrons. The maximum Gasteiger partial charge on any atom is 0.227 e. The highest BCUT2D eigenvalue weighted by atomic mass is 16.3. The van der Waals surface area contributed by atoms with E-state index in [0.717, 1.165) is 61.2 Å². The van der Waals surface area contributed by atoms with E-state index in [2.05, 4.69) is 217 Å². The van der Waals surface area contributed by atoms with Gasteiger partial charge in [-0.05, 0) is 104 Å². The Balaban J connectivity index is 1.02. The van der Waals surface area contributed by atoms with Crippen molar-refractivity contribution in [3.63, 3.8) is 0 Å². The standard InChI is InChI=1S/C53H36N2O/c1-4-13-37(14-5-1)40-25-27-42(28-26-40)53-54-51-34-33-49-48(23-12-24-50(49)52(51)56-53)41-29-31-45(32-30-41)55(46-21-10-19-43(35-46)38-15-6-2-7-16-38)47-22-11-20-44(36-47)39-17-8-3-9-18-39/h1-36H. The van der Waals surface area contributed by atoms with E-state index in [-0.39, 0.29) is 0 Å². The Labute approximate surface area is 326 Å². The zero-order chi connectivity index (χ0) is 37.3. The predicted octanol–water partition coefficient (Wildman–Crippen LogP) is 14.8. The van der Waals surface area contributed by atoms with Gasteiger partial charge in [0.15, 0.2) is 5.58 Å². The van der Waals surface area contributed by atoms with Crippen molar-refractivity contribution in [3.8, 4) is 56.0 Å². The number of hydrogen-bond acceptors (Lipinski definition) is 3. The van der Waals surface area contributed by atoms with Crippen LogP contribution in [0.4, 0.5) is 17.1 Å². The first-order chi connectivity index (χ1) is 27.7. The third-order valence-corrected chi connectivity index (χ3v) is 10.5. The van der Waals surface area contributed by atoms with Gasteiger partial charge >= 0.3 is 0 Å². The third kappa shape index (κ3) is 6.31. The first-order valence-electron chi connectivity index (χ1n) is 18.9. The summed E-state index contributed by atoms with van der Waals surface area (Å²) in [4.78, 5) is 7.25. The molecule has 0 aliphatic heterocycles. The second kappa shape index (κ2) is 14.4. The molecule has 264 valence electrons. The van der Waals surface area contributed by atoms with Crippen LogP contribution >= 0.6 is 0 Å². The largest absolute Gasteiger partial charge is 0.435 e. The van der Waals surface area contributed by atoms with Crippen LogP contribution in [0.2, 0.25) is 0 Å². The van der Waals surface area contributed by atoms with Gasteiger partial charge in [0.25, 0.3) is 0 Å². The molecule has 0 saturated heterocycles. The smallest absolute Gasteiger partial charge is 0.227 e. The molecule has 9 aromatic carbocycles. The Hall–Kier alpha value is -7.49. The zero-order valence-electron chi connectivity index (χ0n) is 30.6. The summed E-state index contributed by atoms with van der Waals surface area (Å²) in [5.74, 6) is 0.620. The van der Waals surface area contributed by atoms with E-state index in [1.54, 1.807) is 0 Å². The molecule has 0 amide bonds. The van der Waals surface area contributed by atoms with Crippen LogP contribution in [0.3, 0.4) is 0 Å². The highest BCUT2D eigenvalue weighted by Crippen LogP contribution is 2.41. The minimum Gasteiger partial charge on any atom is -0.435 e. The first-order valence-corrected chi connectivity index (χ1v) is 18.9. The lowest BCUT2D eigenvalue weighted by molar-refractivity contribution is 0.623. The summed E-state index contributed by atoms with van der Waals surface area (Å²) in [5.41, 5.74) is 15.2. The summed E-state index contributed by atoms with van der Waals surface area (Å²) >= 11 is 0. The van der Waals surface area contributed by atoms with Crippen LogP contribution in [0.5, 0.6) is 0 Å². The van der Waals surface area contributed by atoms with Gasteiger partial charge in [-0.25, -0.2) is 4.98 Å². The van der Waals surface area contributed by atoms with E-state index in [9.17, 15) is 0 Å². The summed E-state index contributed by atoms with van der Waals surface area (Å²) in [6.45, 7) is 0. The van der Waals surface area contributed by atoms with Crippen LogP contribution in [0, 0.1) is 0 Å². The van der Waals surface area contributed by atoms with Gasteiger partial charge in [0.05, 0.1) is 0 Å². The van der Waals surface area contributed by atoms with E-state index >= 15 is 0 Å². The molecule has 10 aromatic rings. The Bertz CT molecular complexity index is 2850. The van der Waals surface area contributed by atoms with Crippen molar-refractivity contribution >= 4 is 38.9 Å². The lowest BCUT2D eigenvalue weighted by Gasteiger charge is -2.27. The second-order valence-corrected chi connectivity index (χ2v) is 14.0. The van der Waals surface area contributed by atoms with Crippen molar-refractivity contribution in [2.45, 2.75) is 0 Å². The molecule has 3 nitrogen and oxygen atoms in total. The minimum atomic E-state index is 0.620. The molecule has 56 heavy (non-hydrogen) atoms. The fourth-order valence-electron chi connectivity index (χ4n) is 7.70. The molecule has 0 aliphatic rings. The average molecular weight is 717 g/mol. The summed E-state index contributed by atoms with van der Waals surface area (Å²) < 4.78 is 6.52. The van der Waals surface area contributed by atoms with Gasteiger partial charge in [0.2, 0.25) is 5.89 Å². The van der Waals surface area contributed by atoms with E-state index in [0.29, 0.717) is 5.89 Å². The van der Waals surface area contributed by atoms with Gasteiger partial charge in [0, 0.05) is 28.0 Å². The Morgan fingerprint density at radius 1 is 0.321 bits per heavy atom. The number of hydrogen-bond donors (Lipinski definition) is 0. The van der Waals surface area contributed by atoms with Crippen molar-refractivity contribution in [2.24, 2.45) is 0 Å². The van der Waals surface area contributed by atoms with E-state index in [1.807, 2.05) is 6.07 Å². The number of rotatable bonds is 8. The molecular formula is C53H36N2O. The molecule has 0 N–H and O–H groups in total. The number of benzene rings is 9. The van der Waals surface area contributed by atoms with Gasteiger partial charge in [0.1, 0.15) is 5.52 Å². The molecular weight excluding hydrogens is 681 g/mol. The Morgan fingerprint density at radius 2 is 0.804 bits per heavy atom. The Kier molecular flexibility index (Phi) is 8.51. The fourth-order valence-corrected chi connectivity index (χ4v) is 7.70. The van der Waals surface area contributed by atoms with Gasteiger partial charge in [-0.2, -0.15) is 0 Å². The number of nitrogens with zero attached hydrogens (tertiary/aromatic N) is 2. The molecule has 0 saturated carbocycles. The van der Waals surface area contributed by atoms with Crippen LogP contribution in [0.1, 0.15) is 0 Å². The van der Waals surface area contributed by atoms with Crippen LogP contribution < -0.4 is 4.90 Å². The van der Waals surface area contributed by atoms with Crippen molar-refractivity contribution in [1.82, 2.24) is 4.98 Å². The van der Waals surface area contributed by atoms with E-state index in [1.165, 1.54) is 27.8 Å². The molecule has 0 bridgehead atoms. The lowest BCUT2D eigenvalue weighted by atomic mass is 9.97. The molecule has 0 unspecified atom stereocenters. The fraction of sp³-hybridized carbons (Fsp3) is 0. The van der Waals surface area contributed by atoms with Gasteiger partial charge in [-0.1, -0.05) is 164 Å².